The molecule has 0 saturated heterocycles. The molecule has 0 bridgehead atoms. The summed E-state index contributed by atoms with van der Waals surface area (Å²) < 4.78 is 0. The van der Waals surface area contributed by atoms with Crippen molar-refractivity contribution >= 4 is 5.82 Å². The van der Waals surface area contributed by atoms with Gasteiger partial charge in [0.25, 0.3) is 0 Å². The van der Waals surface area contributed by atoms with Crippen LogP contribution in [0.4, 0.5) is 5.82 Å². The van der Waals surface area contributed by atoms with Gasteiger partial charge < -0.3 is 10.8 Å². The zero-order valence-corrected chi connectivity index (χ0v) is 8.06. The Labute approximate surface area is 83.2 Å². The van der Waals surface area contributed by atoms with E-state index in [2.05, 4.69) is 9.97 Å². The quantitative estimate of drug-likeness (QED) is 0.700. The summed E-state index contributed by atoms with van der Waals surface area (Å²) in [6, 6.07) is 1.68. The van der Waals surface area contributed by atoms with Crippen molar-refractivity contribution in [1.82, 2.24) is 9.97 Å². The van der Waals surface area contributed by atoms with Crippen LogP contribution < -0.4 is 5.73 Å². The highest BCUT2D eigenvalue weighted by atomic mass is 16.3. The Kier molecular flexibility index (Phi) is 2.63. The van der Waals surface area contributed by atoms with E-state index in [-0.39, 0.29) is 12.0 Å². The molecule has 2 atom stereocenters. The zero-order valence-electron chi connectivity index (χ0n) is 8.06. The van der Waals surface area contributed by atoms with Crippen LogP contribution in [0.5, 0.6) is 0 Å². The van der Waals surface area contributed by atoms with Crippen molar-refractivity contribution in [2.24, 2.45) is 0 Å². The van der Waals surface area contributed by atoms with Gasteiger partial charge in [-0.05, 0) is 25.3 Å². The number of hydrogen-bond donors (Lipinski definition) is 2. The fourth-order valence-electron chi connectivity index (χ4n) is 1.98. The molecule has 0 amide bonds. The molecule has 1 saturated carbocycles. The molecular weight excluding hydrogens is 178 g/mol. The van der Waals surface area contributed by atoms with E-state index >= 15 is 0 Å². The standard InChI is InChI=1S/C10H15N3O/c11-9-4-5-12-10(13-9)7-2-1-3-8(14)6-7/h4-5,7-8,14H,1-3,6H2,(H2,11,12,13)/t7-,8-/m1/s1. The maximum Gasteiger partial charge on any atom is 0.133 e. The lowest BCUT2D eigenvalue weighted by Gasteiger charge is -2.24. The van der Waals surface area contributed by atoms with Crippen molar-refractivity contribution in [1.29, 1.82) is 0 Å². The van der Waals surface area contributed by atoms with E-state index in [9.17, 15) is 5.11 Å². The van der Waals surface area contributed by atoms with Gasteiger partial charge >= 0.3 is 0 Å². The number of aliphatic hydroxyl groups is 1. The molecule has 1 aromatic rings. The molecule has 1 aliphatic rings. The summed E-state index contributed by atoms with van der Waals surface area (Å²) >= 11 is 0. The summed E-state index contributed by atoms with van der Waals surface area (Å²) in [5.74, 6) is 1.57. The van der Waals surface area contributed by atoms with Gasteiger partial charge in [0.1, 0.15) is 11.6 Å². The summed E-state index contributed by atoms with van der Waals surface area (Å²) in [6.07, 6.45) is 5.25. The highest BCUT2D eigenvalue weighted by Gasteiger charge is 2.23. The third-order valence-corrected chi connectivity index (χ3v) is 2.71. The average Bonchev–Trinajstić information content (AvgIpc) is 2.18. The zero-order chi connectivity index (χ0) is 9.97. The predicted molar refractivity (Wildman–Crippen MR) is 53.7 cm³/mol. The Hall–Kier alpha value is -1.16. The molecule has 1 aromatic heterocycles. The largest absolute Gasteiger partial charge is 0.393 e. The van der Waals surface area contributed by atoms with Crippen LogP contribution in [0.25, 0.3) is 0 Å². The SMILES string of the molecule is Nc1ccnc([C@@H]2CCC[C@@H](O)C2)n1. The lowest BCUT2D eigenvalue weighted by molar-refractivity contribution is 0.118. The van der Waals surface area contributed by atoms with Gasteiger partial charge in [-0.25, -0.2) is 9.97 Å². The monoisotopic (exact) mass is 193 g/mol. The van der Waals surface area contributed by atoms with Gasteiger partial charge in [0, 0.05) is 12.1 Å². The third kappa shape index (κ3) is 2.01. The molecule has 1 heterocycles. The van der Waals surface area contributed by atoms with Crippen LogP contribution in [0.1, 0.15) is 37.4 Å². The Morgan fingerprint density at radius 3 is 3.00 bits per heavy atom. The van der Waals surface area contributed by atoms with Crippen LogP contribution in [0.2, 0.25) is 0 Å². The van der Waals surface area contributed by atoms with E-state index in [0.29, 0.717) is 5.82 Å². The van der Waals surface area contributed by atoms with Crippen molar-refractivity contribution in [3.63, 3.8) is 0 Å². The average molecular weight is 193 g/mol. The van der Waals surface area contributed by atoms with Crippen LogP contribution in [0, 0.1) is 0 Å². The topological polar surface area (TPSA) is 72.0 Å². The first-order valence-corrected chi connectivity index (χ1v) is 5.02. The molecule has 0 spiro atoms. The highest BCUT2D eigenvalue weighted by Crippen LogP contribution is 2.30. The smallest absolute Gasteiger partial charge is 0.133 e. The molecule has 4 nitrogen and oxygen atoms in total. The Bertz CT molecular complexity index is 316. The summed E-state index contributed by atoms with van der Waals surface area (Å²) in [4.78, 5) is 8.38. The molecule has 0 aromatic carbocycles. The van der Waals surface area contributed by atoms with Crippen LogP contribution in [0.3, 0.4) is 0 Å². The van der Waals surface area contributed by atoms with E-state index in [1.54, 1.807) is 12.3 Å². The molecule has 2 rings (SSSR count). The number of nitrogens with zero attached hydrogens (tertiary/aromatic N) is 2. The molecule has 0 aliphatic heterocycles. The number of aliphatic hydroxyl groups excluding tert-OH is 1. The van der Waals surface area contributed by atoms with Crippen LogP contribution in [-0.2, 0) is 0 Å². The first-order valence-electron chi connectivity index (χ1n) is 5.02. The Balaban J connectivity index is 2.14. The van der Waals surface area contributed by atoms with Crippen LogP contribution >= 0.6 is 0 Å². The molecule has 0 radical (unpaired) electrons. The van der Waals surface area contributed by atoms with Crippen molar-refractivity contribution in [3.05, 3.63) is 18.1 Å². The van der Waals surface area contributed by atoms with Gasteiger partial charge in [0.05, 0.1) is 6.10 Å². The Morgan fingerprint density at radius 1 is 1.43 bits per heavy atom. The summed E-state index contributed by atoms with van der Waals surface area (Å²) in [6.45, 7) is 0. The van der Waals surface area contributed by atoms with Crippen molar-refractivity contribution < 1.29 is 5.11 Å². The van der Waals surface area contributed by atoms with Gasteiger partial charge in [-0.3, -0.25) is 0 Å². The van der Waals surface area contributed by atoms with Gasteiger partial charge in [-0.15, -0.1) is 0 Å². The lowest BCUT2D eigenvalue weighted by atomic mass is 9.87. The van der Waals surface area contributed by atoms with E-state index in [0.717, 1.165) is 31.5 Å². The number of anilines is 1. The number of rotatable bonds is 1. The fraction of sp³-hybridized carbons (Fsp3) is 0.600. The number of nitrogen functional groups attached to an aromatic ring is 1. The van der Waals surface area contributed by atoms with E-state index in [4.69, 9.17) is 5.73 Å². The second-order valence-corrected chi connectivity index (χ2v) is 3.86. The van der Waals surface area contributed by atoms with Gasteiger partial charge in [0.15, 0.2) is 0 Å². The van der Waals surface area contributed by atoms with E-state index < -0.39 is 0 Å². The number of aromatic nitrogens is 2. The number of hydrogen-bond acceptors (Lipinski definition) is 4. The summed E-state index contributed by atoms with van der Waals surface area (Å²) in [5.41, 5.74) is 5.59. The second kappa shape index (κ2) is 3.92. The molecule has 1 fully saturated rings. The predicted octanol–water partition coefficient (Wildman–Crippen LogP) is 1.08. The first-order chi connectivity index (χ1) is 6.75. The molecule has 0 unspecified atom stereocenters. The molecule has 76 valence electrons. The molecular formula is C10H15N3O. The van der Waals surface area contributed by atoms with Crippen molar-refractivity contribution in [2.75, 3.05) is 5.73 Å². The highest BCUT2D eigenvalue weighted by molar-refractivity contribution is 5.26. The second-order valence-electron chi connectivity index (χ2n) is 3.86. The molecule has 4 heteroatoms. The normalized spacial score (nSPS) is 27.5. The van der Waals surface area contributed by atoms with E-state index in [1.807, 2.05) is 0 Å². The minimum absolute atomic E-state index is 0.196. The van der Waals surface area contributed by atoms with Crippen molar-refractivity contribution in [2.45, 2.75) is 37.7 Å². The van der Waals surface area contributed by atoms with Crippen molar-refractivity contribution in [3.8, 4) is 0 Å². The summed E-state index contributed by atoms with van der Waals surface area (Å²) in [7, 11) is 0. The van der Waals surface area contributed by atoms with Gasteiger partial charge in [-0.1, -0.05) is 6.42 Å². The fourth-order valence-corrected chi connectivity index (χ4v) is 1.98. The molecule has 3 N–H and O–H groups in total. The minimum atomic E-state index is -0.196. The Morgan fingerprint density at radius 2 is 2.29 bits per heavy atom. The number of nitrogens with two attached hydrogens (primary N) is 1. The van der Waals surface area contributed by atoms with Gasteiger partial charge in [0.2, 0.25) is 0 Å². The van der Waals surface area contributed by atoms with Crippen LogP contribution in [-0.4, -0.2) is 21.2 Å². The lowest BCUT2D eigenvalue weighted by Crippen LogP contribution is -2.19. The maximum atomic E-state index is 9.52. The maximum absolute atomic E-state index is 9.52. The van der Waals surface area contributed by atoms with Crippen LogP contribution in [0.15, 0.2) is 12.3 Å². The van der Waals surface area contributed by atoms with Gasteiger partial charge in [-0.2, -0.15) is 0 Å². The molecule has 1 aliphatic carbocycles. The third-order valence-electron chi connectivity index (χ3n) is 2.71. The minimum Gasteiger partial charge on any atom is -0.393 e. The van der Waals surface area contributed by atoms with E-state index in [1.165, 1.54) is 0 Å². The summed E-state index contributed by atoms with van der Waals surface area (Å²) in [5, 5.41) is 9.52. The first kappa shape index (κ1) is 9.40. The molecule has 14 heavy (non-hydrogen) atoms.